The minimum Gasteiger partial charge on any atom is -0.397 e. The molecule has 2 aromatic rings. The molecule has 0 aliphatic carbocycles. The smallest absolute Gasteiger partial charge is 0.0850 e. The van der Waals surface area contributed by atoms with Gasteiger partial charge in [0.1, 0.15) is 0 Å². The van der Waals surface area contributed by atoms with E-state index in [0.29, 0.717) is 17.5 Å². The molecule has 19 heavy (non-hydrogen) atoms. The average molecular weight is 255 g/mol. The van der Waals surface area contributed by atoms with Gasteiger partial charge in [-0.2, -0.15) is 0 Å². The second kappa shape index (κ2) is 4.82. The predicted molar refractivity (Wildman–Crippen MR) is 78.4 cm³/mol. The van der Waals surface area contributed by atoms with Gasteiger partial charge in [0.2, 0.25) is 0 Å². The number of epoxide rings is 1. The van der Waals surface area contributed by atoms with Crippen molar-refractivity contribution in [3.63, 3.8) is 0 Å². The lowest BCUT2D eigenvalue weighted by molar-refractivity contribution is 0.408. The van der Waals surface area contributed by atoms with Crippen LogP contribution < -0.4 is 16.8 Å². The first-order valence-corrected chi connectivity index (χ1v) is 6.34. The zero-order valence-corrected chi connectivity index (χ0v) is 10.6. The van der Waals surface area contributed by atoms with Crippen molar-refractivity contribution < 1.29 is 4.74 Å². The maximum atomic E-state index is 6.10. The van der Waals surface area contributed by atoms with Crippen LogP contribution in [0.3, 0.4) is 0 Å². The number of rotatable bonds is 4. The second-order valence-electron chi connectivity index (χ2n) is 4.75. The zero-order chi connectivity index (χ0) is 13.2. The van der Waals surface area contributed by atoms with Gasteiger partial charge in [-0.15, -0.1) is 0 Å². The summed E-state index contributed by atoms with van der Waals surface area (Å²) in [5, 5.41) is 3.27. The molecule has 0 amide bonds. The van der Waals surface area contributed by atoms with Gasteiger partial charge in [0, 0.05) is 12.1 Å². The van der Waals surface area contributed by atoms with Crippen LogP contribution in [0.4, 0.5) is 22.7 Å². The number of hydrogen-bond donors (Lipinski definition) is 3. The van der Waals surface area contributed by atoms with Crippen LogP contribution in [0, 0.1) is 0 Å². The number of ether oxygens (including phenoxy) is 1. The molecule has 0 radical (unpaired) electrons. The highest BCUT2D eigenvalue weighted by molar-refractivity contribution is 5.83. The molecule has 1 atom stereocenters. The van der Waals surface area contributed by atoms with E-state index < -0.39 is 0 Å². The Morgan fingerprint density at radius 1 is 1.05 bits per heavy atom. The fourth-order valence-corrected chi connectivity index (χ4v) is 2.08. The molecule has 3 rings (SSSR count). The van der Waals surface area contributed by atoms with E-state index in [-0.39, 0.29) is 0 Å². The number of nitrogen functional groups attached to an aromatic ring is 2. The van der Waals surface area contributed by atoms with E-state index in [9.17, 15) is 0 Å². The highest BCUT2D eigenvalue weighted by atomic mass is 16.6. The molecule has 1 unspecified atom stereocenters. The Bertz CT molecular complexity index is 579. The molecule has 5 N–H and O–H groups in total. The normalized spacial score (nSPS) is 17.2. The average Bonchev–Trinajstić information content (AvgIpc) is 3.24. The monoisotopic (exact) mass is 255 g/mol. The molecule has 0 spiro atoms. The summed E-state index contributed by atoms with van der Waals surface area (Å²) in [5.74, 6) is 0. The van der Waals surface area contributed by atoms with Crippen molar-refractivity contribution >= 4 is 22.7 Å². The summed E-state index contributed by atoms with van der Waals surface area (Å²) in [6.07, 6.45) is 1.15. The number of anilines is 4. The molecule has 1 aliphatic rings. The summed E-state index contributed by atoms with van der Waals surface area (Å²) in [6.45, 7) is 0.823. The molecule has 2 aromatic carbocycles. The third kappa shape index (κ3) is 2.63. The highest BCUT2D eigenvalue weighted by Gasteiger charge is 2.24. The molecule has 4 heteroatoms. The quantitative estimate of drug-likeness (QED) is 0.579. The lowest BCUT2D eigenvalue weighted by atomic mass is 10.1. The lowest BCUT2D eigenvalue weighted by Gasteiger charge is -2.14. The van der Waals surface area contributed by atoms with Crippen molar-refractivity contribution in [2.24, 2.45) is 0 Å². The number of benzene rings is 2. The van der Waals surface area contributed by atoms with Gasteiger partial charge in [0.25, 0.3) is 0 Å². The van der Waals surface area contributed by atoms with E-state index in [1.165, 1.54) is 0 Å². The maximum absolute atomic E-state index is 6.10. The van der Waals surface area contributed by atoms with Crippen molar-refractivity contribution in [3.8, 4) is 0 Å². The molecule has 1 aliphatic heterocycles. The van der Waals surface area contributed by atoms with E-state index in [4.69, 9.17) is 16.2 Å². The van der Waals surface area contributed by atoms with Gasteiger partial charge in [0.05, 0.1) is 29.8 Å². The van der Waals surface area contributed by atoms with Crippen LogP contribution in [0.2, 0.25) is 0 Å². The fourth-order valence-electron chi connectivity index (χ4n) is 2.08. The van der Waals surface area contributed by atoms with Gasteiger partial charge < -0.3 is 21.5 Å². The van der Waals surface area contributed by atoms with Crippen LogP contribution in [0.15, 0.2) is 42.5 Å². The SMILES string of the molecule is Nc1c(CC2CO2)ccc(Nc2ccccc2)c1N. The fraction of sp³-hybridized carbons (Fsp3) is 0.200. The Morgan fingerprint density at radius 3 is 2.47 bits per heavy atom. The number of para-hydroxylation sites is 1. The summed E-state index contributed by atoms with van der Waals surface area (Å²) >= 11 is 0. The largest absolute Gasteiger partial charge is 0.397 e. The molecule has 0 bridgehead atoms. The number of nitrogens with one attached hydrogen (secondary N) is 1. The molecule has 0 aromatic heterocycles. The van der Waals surface area contributed by atoms with E-state index >= 15 is 0 Å². The summed E-state index contributed by atoms with van der Waals surface area (Å²) < 4.78 is 5.22. The summed E-state index contributed by atoms with van der Waals surface area (Å²) in [6, 6.07) is 13.9. The van der Waals surface area contributed by atoms with E-state index in [1.54, 1.807) is 0 Å². The zero-order valence-electron chi connectivity index (χ0n) is 10.6. The van der Waals surface area contributed by atoms with Gasteiger partial charge in [-0.3, -0.25) is 0 Å². The number of nitrogens with two attached hydrogens (primary N) is 2. The van der Waals surface area contributed by atoms with Crippen LogP contribution in [0.1, 0.15) is 5.56 Å². The molecular weight excluding hydrogens is 238 g/mol. The van der Waals surface area contributed by atoms with Gasteiger partial charge >= 0.3 is 0 Å². The third-order valence-electron chi connectivity index (χ3n) is 3.28. The van der Waals surface area contributed by atoms with Crippen molar-refractivity contribution in [2.75, 3.05) is 23.4 Å². The molecule has 1 heterocycles. The van der Waals surface area contributed by atoms with E-state index in [1.807, 2.05) is 42.5 Å². The maximum Gasteiger partial charge on any atom is 0.0850 e. The Labute approximate surface area is 112 Å². The van der Waals surface area contributed by atoms with Crippen molar-refractivity contribution in [1.82, 2.24) is 0 Å². The molecular formula is C15H17N3O. The second-order valence-corrected chi connectivity index (χ2v) is 4.75. The van der Waals surface area contributed by atoms with Gasteiger partial charge in [-0.25, -0.2) is 0 Å². The molecule has 0 saturated carbocycles. The van der Waals surface area contributed by atoms with Crippen LogP contribution in [-0.2, 0) is 11.2 Å². The van der Waals surface area contributed by atoms with Gasteiger partial charge in [-0.05, 0) is 23.8 Å². The van der Waals surface area contributed by atoms with Crippen LogP contribution in [0.25, 0.3) is 0 Å². The first kappa shape index (κ1) is 11.9. The van der Waals surface area contributed by atoms with E-state index in [0.717, 1.165) is 30.0 Å². The summed E-state index contributed by atoms with van der Waals surface area (Å²) in [7, 11) is 0. The minimum absolute atomic E-state index is 0.314. The van der Waals surface area contributed by atoms with Crippen LogP contribution >= 0.6 is 0 Å². The van der Waals surface area contributed by atoms with Gasteiger partial charge in [0.15, 0.2) is 0 Å². The standard InChI is InChI=1S/C15H17N3O/c16-14-10(8-12-9-19-12)6-7-13(15(14)17)18-11-4-2-1-3-5-11/h1-7,12,18H,8-9,16-17H2. The Balaban J connectivity index is 1.84. The predicted octanol–water partition coefficient (Wildman–Crippen LogP) is 2.54. The Kier molecular flexibility index (Phi) is 3.01. The molecule has 1 saturated heterocycles. The first-order valence-electron chi connectivity index (χ1n) is 6.34. The lowest BCUT2D eigenvalue weighted by Crippen LogP contribution is -2.05. The first-order chi connectivity index (χ1) is 9.24. The molecule has 98 valence electrons. The molecule has 4 nitrogen and oxygen atoms in total. The Morgan fingerprint density at radius 2 is 1.79 bits per heavy atom. The van der Waals surface area contributed by atoms with Crippen molar-refractivity contribution in [3.05, 3.63) is 48.0 Å². The van der Waals surface area contributed by atoms with Crippen molar-refractivity contribution in [2.45, 2.75) is 12.5 Å². The topological polar surface area (TPSA) is 76.6 Å². The minimum atomic E-state index is 0.314. The third-order valence-corrected chi connectivity index (χ3v) is 3.28. The van der Waals surface area contributed by atoms with Crippen LogP contribution in [0.5, 0.6) is 0 Å². The highest BCUT2D eigenvalue weighted by Crippen LogP contribution is 2.32. The summed E-state index contributed by atoms with van der Waals surface area (Å²) in [4.78, 5) is 0. The Hall–Kier alpha value is -2.20. The summed E-state index contributed by atoms with van der Waals surface area (Å²) in [5.41, 5.74) is 16.3. The van der Waals surface area contributed by atoms with E-state index in [2.05, 4.69) is 5.32 Å². The van der Waals surface area contributed by atoms with Crippen molar-refractivity contribution in [1.29, 1.82) is 0 Å². The van der Waals surface area contributed by atoms with Crippen LogP contribution in [-0.4, -0.2) is 12.7 Å². The number of hydrogen-bond acceptors (Lipinski definition) is 4. The molecule has 1 fully saturated rings. The van der Waals surface area contributed by atoms with Gasteiger partial charge in [-0.1, -0.05) is 24.3 Å².